The number of amides is 2. The van der Waals surface area contributed by atoms with Gasteiger partial charge in [-0.25, -0.2) is 9.50 Å². The molecule has 10 heteroatoms. The van der Waals surface area contributed by atoms with Crippen LogP contribution < -0.4 is 15.8 Å². The van der Waals surface area contributed by atoms with Gasteiger partial charge in [0.05, 0.1) is 30.1 Å². The average molecular weight is 467 g/mol. The molecule has 1 aliphatic rings. The zero-order valence-electron chi connectivity index (χ0n) is 19.6. The number of ether oxygens (including phenoxy) is 1. The molecule has 0 bridgehead atoms. The molecular weight excluding hydrogens is 436 g/mol. The first-order valence-corrected chi connectivity index (χ1v) is 11.4. The number of primary amides is 1. The number of anilines is 1. The van der Waals surface area contributed by atoms with Crippen molar-refractivity contribution < 1.29 is 19.4 Å². The Kier molecular flexibility index (Phi) is 6.69. The summed E-state index contributed by atoms with van der Waals surface area (Å²) in [6.07, 6.45) is 5.51. The predicted molar refractivity (Wildman–Crippen MR) is 128 cm³/mol. The van der Waals surface area contributed by atoms with Gasteiger partial charge >= 0.3 is 0 Å². The summed E-state index contributed by atoms with van der Waals surface area (Å²) in [5, 5.41) is 17.6. The van der Waals surface area contributed by atoms with E-state index >= 15 is 0 Å². The number of nitrogens with zero attached hydrogens (tertiary/aromatic N) is 4. The van der Waals surface area contributed by atoms with E-state index in [0.717, 1.165) is 23.1 Å². The third-order valence-corrected chi connectivity index (χ3v) is 6.44. The molecule has 3 aromatic rings. The SMILES string of the molecule is CC[C@@H]1CN(C(=O)[C@H](C)O)CC[C@H]1Nc1c(C(N)=O)cnn2cc(-c3ccnc(OC)c3)cc12. The molecule has 0 aromatic carbocycles. The number of carbonyl (C=O) groups is 2. The molecule has 4 heterocycles. The van der Waals surface area contributed by atoms with E-state index in [1.165, 1.54) is 13.1 Å². The van der Waals surface area contributed by atoms with Crippen molar-refractivity contribution in [3.63, 3.8) is 0 Å². The molecule has 180 valence electrons. The van der Waals surface area contributed by atoms with Gasteiger partial charge in [0.25, 0.3) is 11.8 Å². The molecule has 34 heavy (non-hydrogen) atoms. The van der Waals surface area contributed by atoms with Crippen LogP contribution >= 0.6 is 0 Å². The molecule has 4 rings (SSSR count). The van der Waals surface area contributed by atoms with Gasteiger partial charge in [-0.1, -0.05) is 6.92 Å². The maximum Gasteiger partial charge on any atom is 0.252 e. The number of fused-ring (bicyclic) bond motifs is 1. The Bertz CT molecular complexity index is 1210. The van der Waals surface area contributed by atoms with E-state index in [1.54, 1.807) is 22.7 Å². The van der Waals surface area contributed by atoms with Crippen LogP contribution in [-0.4, -0.2) is 68.8 Å². The van der Waals surface area contributed by atoms with E-state index in [0.29, 0.717) is 36.6 Å². The van der Waals surface area contributed by atoms with Crippen LogP contribution in [-0.2, 0) is 4.79 Å². The molecule has 0 aliphatic carbocycles. The van der Waals surface area contributed by atoms with Crippen molar-refractivity contribution in [3.8, 4) is 17.0 Å². The first-order valence-electron chi connectivity index (χ1n) is 11.4. The quantitative estimate of drug-likeness (QED) is 0.484. The fourth-order valence-corrected chi connectivity index (χ4v) is 4.54. The Morgan fingerprint density at radius 2 is 2.15 bits per heavy atom. The molecular formula is C24H30N6O4. The number of hydrogen-bond acceptors (Lipinski definition) is 7. The Morgan fingerprint density at radius 3 is 2.82 bits per heavy atom. The first-order chi connectivity index (χ1) is 16.3. The second-order valence-electron chi connectivity index (χ2n) is 8.61. The highest BCUT2D eigenvalue weighted by atomic mass is 16.5. The van der Waals surface area contributed by atoms with Crippen molar-refractivity contribution in [1.82, 2.24) is 19.5 Å². The fourth-order valence-electron chi connectivity index (χ4n) is 4.54. The fraction of sp³-hybridized carbons (Fsp3) is 0.417. The number of methoxy groups -OCH3 is 1. The lowest BCUT2D eigenvalue weighted by atomic mass is 9.89. The molecule has 4 N–H and O–H groups in total. The molecule has 0 unspecified atom stereocenters. The number of hydrogen-bond donors (Lipinski definition) is 3. The molecule has 1 saturated heterocycles. The summed E-state index contributed by atoms with van der Waals surface area (Å²) < 4.78 is 6.95. The summed E-state index contributed by atoms with van der Waals surface area (Å²) in [6.45, 7) is 4.62. The van der Waals surface area contributed by atoms with Crippen LogP contribution in [0.4, 0.5) is 5.69 Å². The van der Waals surface area contributed by atoms with Crippen LogP contribution in [0.2, 0.25) is 0 Å². The number of aliphatic hydroxyl groups excluding tert-OH is 1. The van der Waals surface area contributed by atoms with Crippen LogP contribution in [0.1, 0.15) is 37.0 Å². The maximum atomic E-state index is 12.3. The Morgan fingerprint density at radius 1 is 1.35 bits per heavy atom. The molecule has 0 radical (unpaired) electrons. The van der Waals surface area contributed by atoms with Crippen LogP contribution in [0.3, 0.4) is 0 Å². The molecule has 10 nitrogen and oxygen atoms in total. The monoisotopic (exact) mass is 466 g/mol. The van der Waals surface area contributed by atoms with Crippen LogP contribution in [0.15, 0.2) is 36.8 Å². The molecule has 3 aromatic heterocycles. The zero-order valence-corrected chi connectivity index (χ0v) is 19.6. The van der Waals surface area contributed by atoms with Crippen molar-refractivity contribution in [1.29, 1.82) is 0 Å². The second kappa shape index (κ2) is 9.68. The number of carbonyl (C=O) groups excluding carboxylic acids is 2. The van der Waals surface area contributed by atoms with Gasteiger partial charge in [0, 0.05) is 43.2 Å². The lowest BCUT2D eigenvalue weighted by Gasteiger charge is -2.39. The molecule has 1 fully saturated rings. The van der Waals surface area contributed by atoms with Crippen molar-refractivity contribution in [2.24, 2.45) is 11.7 Å². The van der Waals surface area contributed by atoms with E-state index in [4.69, 9.17) is 10.5 Å². The minimum atomic E-state index is -1.02. The van der Waals surface area contributed by atoms with E-state index in [-0.39, 0.29) is 17.9 Å². The van der Waals surface area contributed by atoms with Crippen molar-refractivity contribution in [3.05, 3.63) is 42.4 Å². The molecule has 2 amide bonds. The number of nitrogens with two attached hydrogens (primary N) is 1. The number of piperidine rings is 1. The van der Waals surface area contributed by atoms with Gasteiger partial charge in [-0.2, -0.15) is 5.10 Å². The summed E-state index contributed by atoms with van der Waals surface area (Å²) in [6, 6.07) is 5.68. The number of pyridine rings is 1. The topological polar surface area (TPSA) is 135 Å². The number of likely N-dealkylation sites (tertiary alicyclic amines) is 1. The van der Waals surface area contributed by atoms with Gasteiger partial charge in [-0.05, 0) is 43.4 Å². The number of nitrogens with one attached hydrogen (secondary N) is 1. The first kappa shape index (κ1) is 23.5. The lowest BCUT2D eigenvalue weighted by molar-refractivity contribution is -0.141. The Hall–Kier alpha value is -3.66. The predicted octanol–water partition coefficient (Wildman–Crippen LogP) is 1.92. The van der Waals surface area contributed by atoms with Crippen LogP contribution in [0.25, 0.3) is 16.6 Å². The lowest BCUT2D eigenvalue weighted by Crippen LogP contribution is -2.50. The van der Waals surface area contributed by atoms with E-state index in [9.17, 15) is 14.7 Å². The highest BCUT2D eigenvalue weighted by Crippen LogP contribution is 2.32. The second-order valence-corrected chi connectivity index (χ2v) is 8.61. The van der Waals surface area contributed by atoms with E-state index in [2.05, 4.69) is 22.3 Å². The van der Waals surface area contributed by atoms with Gasteiger partial charge < -0.3 is 25.8 Å². The molecule has 3 atom stereocenters. The summed E-state index contributed by atoms with van der Waals surface area (Å²) in [5.41, 5.74) is 9.14. The Balaban J connectivity index is 1.69. The van der Waals surface area contributed by atoms with E-state index < -0.39 is 12.0 Å². The summed E-state index contributed by atoms with van der Waals surface area (Å²) in [5.74, 6) is -0.184. The number of aliphatic hydroxyl groups is 1. The van der Waals surface area contributed by atoms with Crippen molar-refractivity contribution in [2.75, 3.05) is 25.5 Å². The third kappa shape index (κ3) is 4.54. The van der Waals surface area contributed by atoms with Crippen molar-refractivity contribution in [2.45, 2.75) is 38.8 Å². The van der Waals surface area contributed by atoms with Crippen LogP contribution in [0, 0.1) is 5.92 Å². The van der Waals surface area contributed by atoms with Gasteiger partial charge in [0.2, 0.25) is 5.88 Å². The average Bonchev–Trinajstić information content (AvgIpc) is 3.28. The highest BCUT2D eigenvalue weighted by Gasteiger charge is 2.32. The summed E-state index contributed by atoms with van der Waals surface area (Å²) in [4.78, 5) is 30.4. The Labute approximate surface area is 197 Å². The summed E-state index contributed by atoms with van der Waals surface area (Å²) in [7, 11) is 1.56. The minimum absolute atomic E-state index is 0.0201. The number of aromatic nitrogens is 3. The number of rotatable bonds is 7. The van der Waals surface area contributed by atoms with Crippen molar-refractivity contribution >= 4 is 23.0 Å². The minimum Gasteiger partial charge on any atom is -0.481 e. The largest absolute Gasteiger partial charge is 0.481 e. The third-order valence-electron chi connectivity index (χ3n) is 6.44. The zero-order chi connectivity index (χ0) is 24.4. The molecule has 0 spiro atoms. The van der Waals surface area contributed by atoms with Gasteiger partial charge in [-0.3, -0.25) is 9.59 Å². The standard InChI is InChI=1S/C24H30N6O4/c1-4-15-12-29(24(33)14(2)31)8-6-19(15)28-22-18(23(25)32)11-27-30-13-17(9-20(22)30)16-5-7-26-21(10-16)34-3/h5,7,9-11,13-15,19,28,31H,4,6,8,12H2,1-3H3,(H2,25,32)/t14-,15+,19+/m0/s1. The van der Waals surface area contributed by atoms with Gasteiger partial charge in [0.15, 0.2) is 0 Å². The van der Waals surface area contributed by atoms with E-state index in [1.807, 2.05) is 24.4 Å². The van der Waals surface area contributed by atoms with Gasteiger partial charge in [-0.15, -0.1) is 0 Å². The normalized spacial score (nSPS) is 19.1. The highest BCUT2D eigenvalue weighted by molar-refractivity contribution is 6.02. The summed E-state index contributed by atoms with van der Waals surface area (Å²) >= 11 is 0. The van der Waals surface area contributed by atoms with Gasteiger partial charge in [0.1, 0.15) is 6.10 Å². The smallest absolute Gasteiger partial charge is 0.252 e. The molecule has 1 aliphatic heterocycles. The van der Waals surface area contributed by atoms with Crippen LogP contribution in [0.5, 0.6) is 5.88 Å². The maximum absolute atomic E-state index is 12.3. The molecule has 0 saturated carbocycles.